The Kier molecular flexibility index (Phi) is 4.89. The molecule has 1 aliphatic carbocycles. The molecule has 0 N–H and O–H groups in total. The Bertz CT molecular complexity index is 477. The molecule has 1 unspecified atom stereocenters. The molecule has 18 heavy (non-hydrogen) atoms. The van der Waals surface area contributed by atoms with Gasteiger partial charge in [0.25, 0.3) is 0 Å². The zero-order valence-corrected chi connectivity index (χ0v) is 9.53. The molecule has 4 nitrogen and oxygen atoms in total. The SMILES string of the molecule is N#CC=C([O-])C1=C[CH+]C(Cl)=C(C=O)C1OC(F)F. The lowest BCUT2D eigenvalue weighted by atomic mass is 9.93. The van der Waals surface area contributed by atoms with Gasteiger partial charge in [-0.1, -0.05) is 11.6 Å². The molecule has 0 saturated carbocycles. The van der Waals surface area contributed by atoms with E-state index in [4.69, 9.17) is 16.9 Å². The van der Waals surface area contributed by atoms with Crippen LogP contribution in [0.5, 0.6) is 0 Å². The molecule has 0 amide bonds. The minimum Gasteiger partial charge on any atom is -0.862 e. The van der Waals surface area contributed by atoms with E-state index in [9.17, 15) is 18.7 Å². The van der Waals surface area contributed by atoms with Gasteiger partial charge in [-0.05, 0) is 5.76 Å². The standard InChI is InChI=1S/C11H6ClF2NO3/c12-8-2-1-6(9(17)3-4-15)10(7(8)5-16)18-11(13)14/h1-3,5,10-11H. The fourth-order valence-electron chi connectivity index (χ4n) is 1.36. The largest absolute Gasteiger partial charge is 0.862 e. The zero-order chi connectivity index (χ0) is 13.7. The van der Waals surface area contributed by atoms with Crippen LogP contribution in [0.15, 0.2) is 34.1 Å². The first kappa shape index (κ1) is 14.2. The third-order valence-electron chi connectivity index (χ3n) is 2.10. The Morgan fingerprint density at radius 1 is 1.72 bits per heavy atom. The van der Waals surface area contributed by atoms with Crippen molar-refractivity contribution < 1.29 is 23.4 Å². The van der Waals surface area contributed by atoms with Crippen molar-refractivity contribution in [3.63, 3.8) is 0 Å². The number of nitriles is 1. The highest BCUT2D eigenvalue weighted by molar-refractivity contribution is 6.33. The van der Waals surface area contributed by atoms with Crippen LogP contribution in [0.3, 0.4) is 0 Å². The molecule has 0 bridgehead atoms. The first-order chi connectivity index (χ1) is 8.51. The molecule has 0 heterocycles. The molecule has 1 aliphatic rings. The van der Waals surface area contributed by atoms with Gasteiger partial charge in [-0.25, -0.2) is 0 Å². The Morgan fingerprint density at radius 2 is 2.39 bits per heavy atom. The molecule has 0 saturated heterocycles. The van der Waals surface area contributed by atoms with Gasteiger partial charge >= 0.3 is 6.61 Å². The van der Waals surface area contributed by atoms with Gasteiger partial charge in [0, 0.05) is 6.08 Å². The predicted octanol–water partition coefficient (Wildman–Crippen LogP) is 1.20. The van der Waals surface area contributed by atoms with Crippen molar-refractivity contribution in [2.75, 3.05) is 0 Å². The van der Waals surface area contributed by atoms with Crippen LogP contribution in [0.2, 0.25) is 0 Å². The number of ether oxygens (including phenoxy) is 1. The summed E-state index contributed by atoms with van der Waals surface area (Å²) in [7, 11) is 0. The molecule has 0 fully saturated rings. The maximum atomic E-state index is 12.3. The number of alkyl halides is 2. The quantitative estimate of drug-likeness (QED) is 0.334. The summed E-state index contributed by atoms with van der Waals surface area (Å²) in [6.07, 6.45) is 1.63. The van der Waals surface area contributed by atoms with Crippen molar-refractivity contribution >= 4 is 17.9 Å². The normalized spacial score (nSPS) is 20.3. The lowest BCUT2D eigenvalue weighted by molar-refractivity contribution is -0.299. The number of halogens is 3. The molecule has 0 aromatic rings. The second kappa shape index (κ2) is 6.19. The van der Waals surface area contributed by atoms with Crippen LogP contribution < -0.4 is 5.11 Å². The average Bonchev–Trinajstić information content (AvgIpc) is 2.29. The molecule has 0 aromatic carbocycles. The second-order valence-electron chi connectivity index (χ2n) is 3.12. The third-order valence-corrected chi connectivity index (χ3v) is 2.44. The number of hydrogen-bond acceptors (Lipinski definition) is 4. The van der Waals surface area contributed by atoms with Crippen LogP contribution >= 0.6 is 11.6 Å². The molecule has 0 radical (unpaired) electrons. The van der Waals surface area contributed by atoms with E-state index in [1.165, 1.54) is 12.5 Å². The van der Waals surface area contributed by atoms with Gasteiger partial charge < -0.3 is 5.11 Å². The Labute approximate surface area is 106 Å². The molecule has 0 aliphatic heterocycles. The summed E-state index contributed by atoms with van der Waals surface area (Å²) >= 11 is 5.64. The van der Waals surface area contributed by atoms with Gasteiger partial charge in [0.15, 0.2) is 5.03 Å². The third kappa shape index (κ3) is 3.09. The van der Waals surface area contributed by atoms with E-state index in [2.05, 4.69) is 4.74 Å². The van der Waals surface area contributed by atoms with E-state index in [-0.39, 0.29) is 22.5 Å². The average molecular weight is 274 g/mol. The molecule has 0 aromatic heterocycles. The van der Waals surface area contributed by atoms with Gasteiger partial charge in [0.2, 0.25) is 12.4 Å². The topological polar surface area (TPSA) is 73.1 Å². The highest BCUT2D eigenvalue weighted by Gasteiger charge is 2.36. The van der Waals surface area contributed by atoms with Crippen LogP contribution in [0.25, 0.3) is 0 Å². The van der Waals surface area contributed by atoms with E-state index in [0.29, 0.717) is 6.08 Å². The van der Waals surface area contributed by atoms with Gasteiger partial charge in [-0.2, -0.15) is 14.0 Å². The van der Waals surface area contributed by atoms with E-state index < -0.39 is 18.5 Å². The number of carbonyl (C=O) groups excluding carboxylic acids is 1. The lowest BCUT2D eigenvalue weighted by Gasteiger charge is -2.21. The Balaban J connectivity index is 3.15. The van der Waals surface area contributed by atoms with E-state index in [1.54, 1.807) is 0 Å². The molecule has 0 spiro atoms. The Morgan fingerprint density at radius 3 is 2.89 bits per heavy atom. The van der Waals surface area contributed by atoms with Crippen LogP contribution in [0, 0.1) is 17.8 Å². The minimum atomic E-state index is -3.19. The first-order valence-electron chi connectivity index (χ1n) is 4.61. The summed E-state index contributed by atoms with van der Waals surface area (Å²) in [5.74, 6) is -0.817. The number of aldehydes is 1. The van der Waals surface area contributed by atoms with Crippen molar-refractivity contribution in [3.8, 4) is 6.07 Å². The molecule has 94 valence electrons. The monoisotopic (exact) mass is 273 g/mol. The van der Waals surface area contributed by atoms with Gasteiger partial charge in [-0.15, -0.1) is 0 Å². The number of hydrogen-bond donors (Lipinski definition) is 0. The van der Waals surface area contributed by atoms with Crippen LogP contribution in [0.4, 0.5) is 8.78 Å². The van der Waals surface area contributed by atoms with Crippen LogP contribution in [-0.4, -0.2) is 19.0 Å². The maximum absolute atomic E-state index is 12.3. The van der Waals surface area contributed by atoms with Crippen molar-refractivity contribution in [1.82, 2.24) is 0 Å². The summed E-state index contributed by atoms with van der Waals surface area (Å²) in [5, 5.41) is 19.7. The predicted molar refractivity (Wildman–Crippen MR) is 55.9 cm³/mol. The van der Waals surface area contributed by atoms with Gasteiger partial charge in [0.05, 0.1) is 24.1 Å². The number of allylic oxidation sites excluding steroid dienone is 3. The zero-order valence-electron chi connectivity index (χ0n) is 8.77. The highest BCUT2D eigenvalue weighted by atomic mass is 35.5. The van der Waals surface area contributed by atoms with Crippen LogP contribution in [0.1, 0.15) is 0 Å². The maximum Gasteiger partial charge on any atom is 0.348 e. The molecule has 1 rings (SSSR count). The fraction of sp³-hybridized carbons (Fsp3) is 0.182. The van der Waals surface area contributed by atoms with Crippen LogP contribution in [-0.2, 0) is 9.53 Å². The van der Waals surface area contributed by atoms with E-state index in [0.717, 1.165) is 6.08 Å². The number of rotatable bonds is 4. The molecular formula is C11H6ClF2NO3. The fourth-order valence-corrected chi connectivity index (χ4v) is 1.57. The molecule has 7 heteroatoms. The first-order valence-corrected chi connectivity index (χ1v) is 4.99. The van der Waals surface area contributed by atoms with Crippen molar-refractivity contribution in [3.05, 3.63) is 40.5 Å². The smallest absolute Gasteiger partial charge is 0.348 e. The van der Waals surface area contributed by atoms with Crippen molar-refractivity contribution in [1.29, 1.82) is 5.26 Å². The summed E-state index contributed by atoms with van der Waals surface area (Å²) in [6, 6.07) is 1.47. The Hall–Kier alpha value is -1.84. The summed E-state index contributed by atoms with van der Waals surface area (Å²) in [4.78, 5) is 10.8. The number of carbonyl (C=O) groups is 1. The summed E-state index contributed by atoms with van der Waals surface area (Å²) in [6.45, 7) is -3.19. The second-order valence-corrected chi connectivity index (χ2v) is 3.53. The highest BCUT2D eigenvalue weighted by Crippen LogP contribution is 2.31. The minimum absolute atomic E-state index is 0.0934. The van der Waals surface area contributed by atoms with Crippen molar-refractivity contribution in [2.24, 2.45) is 0 Å². The summed E-state index contributed by atoms with van der Waals surface area (Å²) < 4.78 is 28.7. The number of nitrogens with zero attached hydrogens (tertiary/aromatic N) is 1. The van der Waals surface area contributed by atoms with E-state index in [1.807, 2.05) is 0 Å². The van der Waals surface area contributed by atoms with E-state index >= 15 is 0 Å². The summed E-state index contributed by atoms with van der Waals surface area (Å²) in [5.41, 5.74) is -0.530. The van der Waals surface area contributed by atoms with Gasteiger partial charge in [-0.3, -0.25) is 9.53 Å². The molecular weight excluding hydrogens is 268 g/mol. The van der Waals surface area contributed by atoms with Gasteiger partial charge in [0.1, 0.15) is 5.57 Å². The lowest BCUT2D eigenvalue weighted by Crippen LogP contribution is -2.29. The van der Waals surface area contributed by atoms with Crippen molar-refractivity contribution in [2.45, 2.75) is 12.7 Å². The molecule has 1 atom stereocenters.